The molecule has 2 rings (SSSR count). The first-order valence-corrected chi connectivity index (χ1v) is 10.0. The zero-order chi connectivity index (χ0) is 20.0. The Morgan fingerprint density at radius 2 is 1.70 bits per heavy atom. The largest absolute Gasteiger partial charge is 0.355 e. The summed E-state index contributed by atoms with van der Waals surface area (Å²) in [5, 5.41) is 3.35. The van der Waals surface area contributed by atoms with Crippen molar-refractivity contribution in [2.45, 2.75) is 38.4 Å². The first-order valence-electron chi connectivity index (χ1n) is 8.78. The third kappa shape index (κ3) is 5.53. The number of amides is 2. The van der Waals surface area contributed by atoms with Gasteiger partial charge in [-0.05, 0) is 49.8 Å². The summed E-state index contributed by atoms with van der Waals surface area (Å²) in [7, 11) is 3.40. The lowest BCUT2D eigenvalue weighted by Crippen LogP contribution is -2.26. The Hall–Kier alpha value is -2.41. The minimum absolute atomic E-state index is 0.0677. The highest BCUT2D eigenvalue weighted by atomic mass is 32.2. The van der Waals surface area contributed by atoms with E-state index < -0.39 is 0 Å². The fraction of sp³-hybridized carbons (Fsp3) is 0.400. The zero-order valence-electron chi connectivity index (χ0n) is 16.5. The molecule has 0 spiro atoms. The summed E-state index contributed by atoms with van der Waals surface area (Å²) in [6.45, 7) is 4.44. The molecule has 0 unspecified atom stereocenters. The van der Waals surface area contributed by atoms with Crippen LogP contribution in [0.2, 0.25) is 0 Å². The maximum atomic E-state index is 12.5. The Labute approximate surface area is 164 Å². The van der Waals surface area contributed by atoms with Crippen LogP contribution in [0, 0.1) is 13.8 Å². The van der Waals surface area contributed by atoms with E-state index in [4.69, 9.17) is 0 Å². The molecule has 0 saturated heterocycles. The third-order valence-corrected chi connectivity index (χ3v) is 5.01. The van der Waals surface area contributed by atoms with Crippen molar-refractivity contribution >= 4 is 23.6 Å². The summed E-state index contributed by atoms with van der Waals surface area (Å²) in [5.74, 6) is -0.0513. The van der Waals surface area contributed by atoms with Crippen molar-refractivity contribution in [3.63, 3.8) is 0 Å². The Morgan fingerprint density at radius 3 is 2.22 bits per heavy atom. The lowest BCUT2D eigenvalue weighted by atomic mass is 10.1. The van der Waals surface area contributed by atoms with Gasteiger partial charge in [0.05, 0.1) is 0 Å². The molecule has 144 valence electrons. The molecule has 0 aliphatic carbocycles. The molecule has 7 heteroatoms. The summed E-state index contributed by atoms with van der Waals surface area (Å²) >= 11 is 1.52. The van der Waals surface area contributed by atoms with Crippen molar-refractivity contribution in [3.05, 3.63) is 52.3 Å². The van der Waals surface area contributed by atoms with Gasteiger partial charge in [-0.15, -0.1) is 0 Å². The van der Waals surface area contributed by atoms with Gasteiger partial charge in [-0.25, -0.2) is 9.97 Å². The van der Waals surface area contributed by atoms with Gasteiger partial charge in [0.1, 0.15) is 0 Å². The molecule has 0 aliphatic rings. The number of carbonyl (C=O) groups is 2. The number of nitrogens with one attached hydrogen (secondary N) is 1. The fourth-order valence-corrected chi connectivity index (χ4v) is 3.31. The number of carbonyl (C=O) groups excluding carboxylic acids is 2. The standard InChI is InChI=1S/C20H26N4O2S/c1-13-17(14(2)23-20(22-13)27-5)10-11-18(25)24(4)12-15-6-8-16(9-7-15)19(26)21-3/h6-9H,10-12H2,1-5H3,(H,21,26). The molecule has 1 aromatic heterocycles. The lowest BCUT2D eigenvalue weighted by molar-refractivity contribution is -0.130. The SMILES string of the molecule is CNC(=O)c1ccc(CN(C)C(=O)CCc2c(C)nc(SC)nc2C)cc1. The molecular weight excluding hydrogens is 360 g/mol. The van der Waals surface area contributed by atoms with Gasteiger partial charge >= 0.3 is 0 Å². The Morgan fingerprint density at radius 1 is 1.11 bits per heavy atom. The predicted molar refractivity (Wildman–Crippen MR) is 108 cm³/mol. The molecule has 1 heterocycles. The maximum Gasteiger partial charge on any atom is 0.251 e. The molecule has 6 nitrogen and oxygen atoms in total. The number of thioether (sulfide) groups is 1. The monoisotopic (exact) mass is 386 g/mol. The average Bonchev–Trinajstić information content (AvgIpc) is 2.66. The molecule has 0 radical (unpaired) electrons. The van der Waals surface area contributed by atoms with Gasteiger partial charge in [0.15, 0.2) is 5.16 Å². The fourth-order valence-electron chi connectivity index (χ4n) is 2.85. The third-order valence-electron chi connectivity index (χ3n) is 4.46. The molecule has 0 aliphatic heterocycles. The summed E-state index contributed by atoms with van der Waals surface area (Å²) in [6.07, 6.45) is 3.00. The smallest absolute Gasteiger partial charge is 0.251 e. The van der Waals surface area contributed by atoms with Crippen LogP contribution in [0.15, 0.2) is 29.4 Å². The van der Waals surface area contributed by atoms with Crippen LogP contribution in [0.3, 0.4) is 0 Å². The number of hydrogen-bond acceptors (Lipinski definition) is 5. The number of rotatable bonds is 7. The molecule has 0 atom stereocenters. The van der Waals surface area contributed by atoms with Crippen molar-refractivity contribution in [2.24, 2.45) is 0 Å². The van der Waals surface area contributed by atoms with Crippen molar-refractivity contribution in [3.8, 4) is 0 Å². The van der Waals surface area contributed by atoms with Crippen LogP contribution in [-0.4, -0.2) is 47.0 Å². The van der Waals surface area contributed by atoms with E-state index in [0.717, 1.165) is 27.7 Å². The highest BCUT2D eigenvalue weighted by Gasteiger charge is 2.14. The van der Waals surface area contributed by atoms with Crippen molar-refractivity contribution < 1.29 is 9.59 Å². The minimum Gasteiger partial charge on any atom is -0.355 e. The van der Waals surface area contributed by atoms with Crippen LogP contribution < -0.4 is 5.32 Å². The molecule has 2 amide bonds. The van der Waals surface area contributed by atoms with E-state index >= 15 is 0 Å². The zero-order valence-corrected chi connectivity index (χ0v) is 17.3. The number of hydrogen-bond donors (Lipinski definition) is 1. The highest BCUT2D eigenvalue weighted by molar-refractivity contribution is 7.98. The molecule has 2 aromatic rings. The Kier molecular flexibility index (Phi) is 7.36. The molecule has 0 fully saturated rings. The first-order chi connectivity index (χ1) is 12.8. The van der Waals surface area contributed by atoms with E-state index in [1.54, 1.807) is 31.1 Å². The van der Waals surface area contributed by atoms with Crippen molar-refractivity contribution in [2.75, 3.05) is 20.4 Å². The van der Waals surface area contributed by atoms with E-state index in [0.29, 0.717) is 24.9 Å². The van der Waals surface area contributed by atoms with E-state index in [2.05, 4.69) is 15.3 Å². The quantitative estimate of drug-likeness (QED) is 0.585. The average molecular weight is 387 g/mol. The topological polar surface area (TPSA) is 75.2 Å². The van der Waals surface area contributed by atoms with Gasteiger partial charge in [0.25, 0.3) is 5.91 Å². The Balaban J connectivity index is 1.95. The number of nitrogens with zero attached hydrogens (tertiary/aromatic N) is 3. The normalized spacial score (nSPS) is 10.6. The first kappa shape index (κ1) is 20.9. The summed E-state index contributed by atoms with van der Waals surface area (Å²) < 4.78 is 0. The second-order valence-corrected chi connectivity index (χ2v) is 7.16. The van der Waals surface area contributed by atoms with Crippen LogP contribution in [0.1, 0.15) is 39.3 Å². The van der Waals surface area contributed by atoms with Crippen LogP contribution in [0.4, 0.5) is 0 Å². The summed E-state index contributed by atoms with van der Waals surface area (Å²) in [4.78, 5) is 34.7. The molecule has 0 saturated carbocycles. The van der Waals surface area contributed by atoms with Crippen LogP contribution in [0.25, 0.3) is 0 Å². The molecule has 27 heavy (non-hydrogen) atoms. The van der Waals surface area contributed by atoms with Crippen molar-refractivity contribution in [1.82, 2.24) is 20.2 Å². The van der Waals surface area contributed by atoms with E-state index in [9.17, 15) is 9.59 Å². The minimum atomic E-state index is -0.119. The maximum absolute atomic E-state index is 12.5. The summed E-state index contributed by atoms with van der Waals surface area (Å²) in [6, 6.07) is 7.28. The number of aromatic nitrogens is 2. The second kappa shape index (κ2) is 9.50. The van der Waals surface area contributed by atoms with Gasteiger partial charge in [-0.1, -0.05) is 23.9 Å². The van der Waals surface area contributed by atoms with Crippen molar-refractivity contribution in [1.29, 1.82) is 0 Å². The van der Waals surface area contributed by atoms with Crippen LogP contribution >= 0.6 is 11.8 Å². The number of benzene rings is 1. The van der Waals surface area contributed by atoms with Crippen LogP contribution in [-0.2, 0) is 17.8 Å². The molecule has 0 bridgehead atoms. The second-order valence-electron chi connectivity index (χ2n) is 6.39. The van der Waals surface area contributed by atoms with E-state index in [1.165, 1.54) is 11.8 Å². The summed E-state index contributed by atoms with van der Waals surface area (Å²) in [5.41, 5.74) is 4.51. The molecular formula is C20H26N4O2S. The van der Waals surface area contributed by atoms with E-state index in [-0.39, 0.29) is 11.8 Å². The Bertz CT molecular complexity index is 798. The van der Waals surface area contributed by atoms with Crippen LogP contribution in [0.5, 0.6) is 0 Å². The highest BCUT2D eigenvalue weighted by Crippen LogP contribution is 2.17. The van der Waals surface area contributed by atoms with Gasteiger partial charge in [-0.2, -0.15) is 0 Å². The molecule has 1 N–H and O–H groups in total. The lowest BCUT2D eigenvalue weighted by Gasteiger charge is -2.18. The van der Waals surface area contributed by atoms with Gasteiger partial charge in [0.2, 0.25) is 5.91 Å². The van der Waals surface area contributed by atoms with E-state index in [1.807, 2.05) is 32.2 Å². The molecule has 1 aromatic carbocycles. The number of aryl methyl sites for hydroxylation is 2. The van der Waals surface area contributed by atoms with Gasteiger partial charge in [0, 0.05) is 44.0 Å². The van der Waals surface area contributed by atoms with Gasteiger partial charge in [-0.3, -0.25) is 9.59 Å². The van der Waals surface area contributed by atoms with Gasteiger partial charge < -0.3 is 10.2 Å². The predicted octanol–water partition coefficient (Wildman–Crippen LogP) is 2.77.